The molecule has 0 unspecified atom stereocenters. The number of nitrogens with one attached hydrogen (secondary N) is 1. The van der Waals surface area contributed by atoms with Gasteiger partial charge in [-0.25, -0.2) is 0 Å². The minimum Gasteiger partial charge on any atom is -0.397 e. The Morgan fingerprint density at radius 1 is 1.56 bits per heavy atom. The van der Waals surface area contributed by atoms with E-state index >= 15 is 0 Å². The highest BCUT2D eigenvalue weighted by atomic mass is 16.3. The van der Waals surface area contributed by atoms with Gasteiger partial charge in [0.25, 0.3) is 5.91 Å². The van der Waals surface area contributed by atoms with E-state index in [1.807, 2.05) is 0 Å². The smallest absolute Gasteiger partial charge is 0.268 e. The minimum absolute atomic E-state index is 0.338. The molecule has 0 atom stereocenters. The highest BCUT2D eigenvalue weighted by Gasteiger charge is 2.26. The van der Waals surface area contributed by atoms with Gasteiger partial charge in [-0.1, -0.05) is 0 Å². The van der Waals surface area contributed by atoms with E-state index in [0.29, 0.717) is 11.4 Å². The van der Waals surface area contributed by atoms with Gasteiger partial charge in [-0.3, -0.25) is 4.79 Å². The fraction of sp³-hybridized carbons (Fsp3) is 0.500. The van der Waals surface area contributed by atoms with Gasteiger partial charge in [0.2, 0.25) is 0 Å². The number of nitrogens with two attached hydrogens (primary N) is 1. The quantitative estimate of drug-likeness (QED) is 0.534. The lowest BCUT2D eigenvalue weighted by molar-refractivity contribution is 0.0717. The molecule has 90 valence electrons. The van der Waals surface area contributed by atoms with Crippen LogP contribution in [0.25, 0.3) is 0 Å². The molecule has 16 heavy (non-hydrogen) atoms. The number of nitrogens with zero attached hydrogens (tertiary/aromatic N) is 1. The number of hydrogen-bond donors (Lipinski definition) is 4. The topological polar surface area (TPSA) is 101 Å². The van der Waals surface area contributed by atoms with Gasteiger partial charge in [0.15, 0.2) is 0 Å². The van der Waals surface area contributed by atoms with Gasteiger partial charge in [0, 0.05) is 13.2 Å². The summed E-state index contributed by atoms with van der Waals surface area (Å²) in [6, 6.07) is 1.53. The Bertz CT molecular complexity index is 383. The predicted molar refractivity (Wildman–Crippen MR) is 59.9 cm³/mol. The van der Waals surface area contributed by atoms with E-state index in [9.17, 15) is 4.79 Å². The fourth-order valence-corrected chi connectivity index (χ4v) is 1.28. The third kappa shape index (κ3) is 2.53. The summed E-state index contributed by atoms with van der Waals surface area (Å²) >= 11 is 0. The molecule has 0 aliphatic heterocycles. The molecule has 6 heteroatoms. The first-order chi connectivity index (χ1) is 7.41. The van der Waals surface area contributed by atoms with Crippen LogP contribution >= 0.6 is 0 Å². The zero-order valence-corrected chi connectivity index (χ0v) is 9.40. The molecule has 1 heterocycles. The van der Waals surface area contributed by atoms with Crippen LogP contribution in [0.15, 0.2) is 12.3 Å². The normalized spacial score (nSPS) is 11.5. The summed E-state index contributed by atoms with van der Waals surface area (Å²) in [6.07, 6.45) is 1.62. The van der Waals surface area contributed by atoms with Crippen LogP contribution in [0.5, 0.6) is 0 Å². The molecule has 6 nitrogen and oxygen atoms in total. The third-order valence-electron chi connectivity index (χ3n) is 2.37. The van der Waals surface area contributed by atoms with E-state index in [-0.39, 0.29) is 19.1 Å². The summed E-state index contributed by atoms with van der Waals surface area (Å²) < 4.78 is 1.58. The van der Waals surface area contributed by atoms with E-state index in [1.54, 1.807) is 24.7 Å². The average Bonchev–Trinajstić information content (AvgIpc) is 2.57. The average molecular weight is 227 g/mol. The van der Waals surface area contributed by atoms with Crippen molar-refractivity contribution in [1.29, 1.82) is 0 Å². The first kappa shape index (κ1) is 12.5. The summed E-state index contributed by atoms with van der Waals surface area (Å²) in [5.74, 6) is -0.384. The highest BCUT2D eigenvalue weighted by molar-refractivity contribution is 5.94. The number of amides is 1. The molecule has 0 saturated carbocycles. The van der Waals surface area contributed by atoms with Crippen LogP contribution in [-0.4, -0.2) is 39.4 Å². The maximum atomic E-state index is 11.8. The molecule has 1 aromatic heterocycles. The van der Waals surface area contributed by atoms with Gasteiger partial charge >= 0.3 is 0 Å². The Balaban J connectivity index is 2.84. The summed E-state index contributed by atoms with van der Waals surface area (Å²) in [7, 11) is 1.69. The number of carbonyl (C=O) groups is 1. The molecule has 0 fully saturated rings. The van der Waals surface area contributed by atoms with E-state index in [4.69, 9.17) is 15.9 Å². The van der Waals surface area contributed by atoms with Crippen molar-refractivity contribution < 1.29 is 15.0 Å². The lowest BCUT2D eigenvalue weighted by Gasteiger charge is -2.26. The Kier molecular flexibility index (Phi) is 3.56. The number of anilines is 1. The van der Waals surface area contributed by atoms with Crippen molar-refractivity contribution >= 4 is 11.6 Å². The summed E-state index contributed by atoms with van der Waals surface area (Å²) in [4.78, 5) is 11.8. The van der Waals surface area contributed by atoms with Gasteiger partial charge < -0.3 is 25.8 Å². The molecule has 5 N–H and O–H groups in total. The Morgan fingerprint density at radius 3 is 2.50 bits per heavy atom. The Morgan fingerprint density at radius 2 is 2.12 bits per heavy atom. The predicted octanol–water partition coefficient (Wildman–Crippen LogP) is -0.920. The number of aryl methyl sites for hydroxylation is 1. The molecule has 0 radical (unpaired) electrons. The molecule has 0 spiro atoms. The number of rotatable bonds is 4. The molecule has 0 aliphatic rings. The van der Waals surface area contributed by atoms with Gasteiger partial charge in [-0.2, -0.15) is 0 Å². The van der Waals surface area contributed by atoms with Crippen molar-refractivity contribution in [2.45, 2.75) is 12.5 Å². The Hall–Kier alpha value is -1.53. The van der Waals surface area contributed by atoms with Crippen LogP contribution in [0.4, 0.5) is 5.69 Å². The largest absolute Gasteiger partial charge is 0.397 e. The number of aliphatic hydroxyl groups excluding tert-OH is 2. The van der Waals surface area contributed by atoms with Crippen LogP contribution in [0, 0.1) is 0 Å². The van der Waals surface area contributed by atoms with E-state index < -0.39 is 5.54 Å². The summed E-state index contributed by atoms with van der Waals surface area (Å²) in [5, 5.41) is 20.6. The van der Waals surface area contributed by atoms with Crippen LogP contribution < -0.4 is 11.1 Å². The minimum atomic E-state index is -1.03. The standard InChI is InChI=1S/C10H17N3O3/c1-10(5-14,6-15)12-9(16)8-3-7(11)4-13(8)2/h3-4,14-15H,5-6,11H2,1-2H3,(H,12,16). The van der Waals surface area contributed by atoms with Crippen molar-refractivity contribution in [3.8, 4) is 0 Å². The Labute approximate surface area is 93.7 Å². The fourth-order valence-electron chi connectivity index (χ4n) is 1.28. The zero-order valence-electron chi connectivity index (χ0n) is 9.40. The maximum absolute atomic E-state index is 11.8. The van der Waals surface area contributed by atoms with Crippen LogP contribution in [0.2, 0.25) is 0 Å². The van der Waals surface area contributed by atoms with E-state index in [2.05, 4.69) is 5.32 Å². The molecule has 0 bridgehead atoms. The first-order valence-electron chi connectivity index (χ1n) is 4.88. The number of aromatic nitrogens is 1. The molecule has 1 amide bonds. The van der Waals surface area contributed by atoms with Crippen LogP contribution in [0.1, 0.15) is 17.4 Å². The number of hydrogen-bond acceptors (Lipinski definition) is 4. The molecule has 1 aromatic rings. The number of aliphatic hydroxyl groups is 2. The second kappa shape index (κ2) is 4.54. The van der Waals surface area contributed by atoms with E-state index in [1.165, 1.54) is 6.07 Å². The summed E-state index contributed by atoms with van der Waals surface area (Å²) in [5.41, 5.74) is 5.38. The third-order valence-corrected chi connectivity index (χ3v) is 2.37. The monoisotopic (exact) mass is 227 g/mol. The molecule has 0 aromatic carbocycles. The number of carbonyl (C=O) groups excluding carboxylic acids is 1. The van der Waals surface area contributed by atoms with Crippen molar-refractivity contribution in [3.05, 3.63) is 18.0 Å². The first-order valence-corrected chi connectivity index (χ1v) is 4.88. The van der Waals surface area contributed by atoms with Gasteiger partial charge in [0.05, 0.1) is 24.4 Å². The molecular formula is C10H17N3O3. The maximum Gasteiger partial charge on any atom is 0.268 e. The molecule has 0 saturated heterocycles. The van der Waals surface area contributed by atoms with Crippen LogP contribution in [0.3, 0.4) is 0 Å². The highest BCUT2D eigenvalue weighted by Crippen LogP contribution is 2.10. The zero-order chi connectivity index (χ0) is 12.3. The van der Waals surface area contributed by atoms with E-state index in [0.717, 1.165) is 0 Å². The number of nitrogen functional groups attached to an aromatic ring is 1. The molecular weight excluding hydrogens is 210 g/mol. The second-order valence-electron chi connectivity index (χ2n) is 4.10. The van der Waals surface area contributed by atoms with Gasteiger partial charge in [-0.05, 0) is 13.0 Å². The lowest BCUT2D eigenvalue weighted by Crippen LogP contribution is -2.52. The van der Waals surface area contributed by atoms with Gasteiger partial charge in [0.1, 0.15) is 5.69 Å². The van der Waals surface area contributed by atoms with Crippen LogP contribution in [-0.2, 0) is 7.05 Å². The van der Waals surface area contributed by atoms with Crippen molar-refractivity contribution in [1.82, 2.24) is 9.88 Å². The summed E-state index contributed by atoms with van der Waals surface area (Å²) in [6.45, 7) is 0.876. The lowest BCUT2D eigenvalue weighted by atomic mass is 10.1. The second-order valence-corrected chi connectivity index (χ2v) is 4.10. The van der Waals surface area contributed by atoms with Crippen molar-refractivity contribution in [3.63, 3.8) is 0 Å². The molecule has 1 rings (SSSR count). The van der Waals surface area contributed by atoms with Crippen molar-refractivity contribution in [2.24, 2.45) is 7.05 Å². The van der Waals surface area contributed by atoms with Gasteiger partial charge in [-0.15, -0.1) is 0 Å². The molecule has 0 aliphatic carbocycles. The SMILES string of the molecule is Cn1cc(N)cc1C(=O)NC(C)(CO)CO. The van der Waals surface area contributed by atoms with Crippen molar-refractivity contribution in [2.75, 3.05) is 18.9 Å².